The summed E-state index contributed by atoms with van der Waals surface area (Å²) in [6.45, 7) is 6.65. The Hall–Kier alpha value is -1.51. The molecular weight excluding hydrogens is 250 g/mol. The molecular formula is C17H25NO2. The van der Waals surface area contributed by atoms with Crippen molar-refractivity contribution < 1.29 is 9.53 Å². The number of likely N-dealkylation sites (tertiary alicyclic amines) is 1. The van der Waals surface area contributed by atoms with E-state index in [1.807, 2.05) is 35.2 Å². The molecule has 0 aromatic heterocycles. The van der Waals surface area contributed by atoms with Gasteiger partial charge in [-0.15, -0.1) is 0 Å². The van der Waals surface area contributed by atoms with Gasteiger partial charge in [0.25, 0.3) is 0 Å². The molecule has 20 heavy (non-hydrogen) atoms. The molecule has 110 valence electrons. The summed E-state index contributed by atoms with van der Waals surface area (Å²) in [5.41, 5.74) is 0. The number of nitrogens with zero attached hydrogens (tertiary/aromatic N) is 1. The summed E-state index contributed by atoms with van der Waals surface area (Å²) in [5, 5.41) is 0. The molecule has 1 saturated heterocycles. The minimum absolute atomic E-state index is 0.296. The lowest BCUT2D eigenvalue weighted by molar-refractivity contribution is -0.134. The number of para-hydroxylation sites is 1. The van der Waals surface area contributed by atoms with Gasteiger partial charge in [-0.25, -0.2) is 0 Å². The fourth-order valence-electron chi connectivity index (χ4n) is 2.64. The number of carbonyl (C=O) groups is 1. The quantitative estimate of drug-likeness (QED) is 0.824. The highest BCUT2D eigenvalue weighted by Gasteiger charge is 2.24. The van der Waals surface area contributed by atoms with Gasteiger partial charge in [0.2, 0.25) is 5.91 Å². The van der Waals surface area contributed by atoms with Crippen molar-refractivity contribution in [3.63, 3.8) is 0 Å². The van der Waals surface area contributed by atoms with Crippen LogP contribution in [-0.4, -0.2) is 30.5 Å². The smallest absolute Gasteiger partial charge is 0.222 e. The first-order valence-corrected chi connectivity index (χ1v) is 7.60. The predicted octanol–water partition coefficient (Wildman–Crippen LogP) is 3.35. The lowest BCUT2D eigenvalue weighted by atomic mass is 9.98. The summed E-state index contributed by atoms with van der Waals surface area (Å²) >= 11 is 0. The first kappa shape index (κ1) is 14.9. The van der Waals surface area contributed by atoms with Crippen LogP contribution < -0.4 is 4.74 Å². The third-order valence-corrected chi connectivity index (χ3v) is 3.68. The molecule has 1 aliphatic rings. The van der Waals surface area contributed by atoms with Crippen LogP contribution in [0.3, 0.4) is 0 Å². The molecule has 1 unspecified atom stereocenters. The van der Waals surface area contributed by atoms with Gasteiger partial charge in [0.15, 0.2) is 0 Å². The van der Waals surface area contributed by atoms with Gasteiger partial charge in [-0.2, -0.15) is 0 Å². The SMILES string of the molecule is CC(C)CC(=O)N1CCCC(COc2ccccc2)C1. The van der Waals surface area contributed by atoms with Crippen LogP contribution in [0.2, 0.25) is 0 Å². The van der Waals surface area contributed by atoms with Crippen LogP contribution in [0.4, 0.5) is 0 Å². The number of hydrogen-bond acceptors (Lipinski definition) is 2. The van der Waals surface area contributed by atoms with Gasteiger partial charge in [0, 0.05) is 25.4 Å². The summed E-state index contributed by atoms with van der Waals surface area (Å²) < 4.78 is 5.82. The van der Waals surface area contributed by atoms with Crippen molar-refractivity contribution in [3.8, 4) is 5.75 Å². The van der Waals surface area contributed by atoms with Crippen molar-refractivity contribution in [2.24, 2.45) is 11.8 Å². The standard InChI is InChI=1S/C17H25NO2/c1-14(2)11-17(19)18-10-6-7-15(12-18)13-20-16-8-4-3-5-9-16/h3-5,8-9,14-15H,6-7,10-13H2,1-2H3. The van der Waals surface area contributed by atoms with E-state index in [0.717, 1.165) is 31.7 Å². The van der Waals surface area contributed by atoms with E-state index in [1.54, 1.807) is 0 Å². The number of carbonyl (C=O) groups excluding carboxylic acids is 1. The van der Waals surface area contributed by atoms with Crippen molar-refractivity contribution in [1.29, 1.82) is 0 Å². The van der Waals surface area contributed by atoms with Gasteiger partial charge in [-0.1, -0.05) is 32.0 Å². The number of amides is 1. The third-order valence-electron chi connectivity index (χ3n) is 3.68. The number of rotatable bonds is 5. The fourth-order valence-corrected chi connectivity index (χ4v) is 2.64. The van der Waals surface area contributed by atoms with Crippen molar-refractivity contribution in [2.75, 3.05) is 19.7 Å². The van der Waals surface area contributed by atoms with E-state index in [2.05, 4.69) is 13.8 Å². The maximum atomic E-state index is 12.1. The highest BCUT2D eigenvalue weighted by molar-refractivity contribution is 5.76. The molecule has 1 heterocycles. The topological polar surface area (TPSA) is 29.5 Å². The fraction of sp³-hybridized carbons (Fsp3) is 0.588. The lowest BCUT2D eigenvalue weighted by Crippen LogP contribution is -2.41. The van der Waals surface area contributed by atoms with E-state index in [1.165, 1.54) is 0 Å². The molecule has 0 spiro atoms. The van der Waals surface area contributed by atoms with E-state index in [4.69, 9.17) is 4.74 Å². The highest BCUT2D eigenvalue weighted by atomic mass is 16.5. The molecule has 0 aliphatic carbocycles. The van der Waals surface area contributed by atoms with E-state index in [9.17, 15) is 4.79 Å². The minimum Gasteiger partial charge on any atom is -0.493 e. The Morgan fingerprint density at radius 1 is 1.35 bits per heavy atom. The molecule has 0 N–H and O–H groups in total. The van der Waals surface area contributed by atoms with Gasteiger partial charge in [0.05, 0.1) is 6.61 Å². The monoisotopic (exact) mass is 275 g/mol. The molecule has 0 saturated carbocycles. The average molecular weight is 275 g/mol. The van der Waals surface area contributed by atoms with Gasteiger partial charge < -0.3 is 9.64 Å². The molecule has 1 aromatic rings. The van der Waals surface area contributed by atoms with Crippen LogP contribution in [-0.2, 0) is 4.79 Å². The van der Waals surface area contributed by atoms with E-state index < -0.39 is 0 Å². The van der Waals surface area contributed by atoms with Crippen LogP contribution in [0.1, 0.15) is 33.1 Å². The molecule has 0 bridgehead atoms. The molecule has 0 radical (unpaired) electrons. The zero-order valence-corrected chi connectivity index (χ0v) is 12.5. The normalized spacial score (nSPS) is 19.1. The molecule has 1 atom stereocenters. The maximum Gasteiger partial charge on any atom is 0.222 e. The van der Waals surface area contributed by atoms with E-state index in [0.29, 0.717) is 30.8 Å². The largest absolute Gasteiger partial charge is 0.493 e. The van der Waals surface area contributed by atoms with Crippen LogP contribution in [0.5, 0.6) is 5.75 Å². The molecule has 1 aromatic carbocycles. The molecule has 1 fully saturated rings. The summed E-state index contributed by atoms with van der Waals surface area (Å²) in [5.74, 6) is 2.10. The van der Waals surface area contributed by atoms with Crippen molar-refractivity contribution in [1.82, 2.24) is 4.90 Å². The third kappa shape index (κ3) is 4.55. The predicted molar refractivity (Wildman–Crippen MR) is 80.7 cm³/mol. The van der Waals surface area contributed by atoms with Crippen molar-refractivity contribution in [2.45, 2.75) is 33.1 Å². The minimum atomic E-state index is 0.296. The molecule has 1 aliphatic heterocycles. The Labute approximate surface area is 121 Å². The van der Waals surface area contributed by atoms with E-state index in [-0.39, 0.29) is 0 Å². The van der Waals surface area contributed by atoms with Gasteiger partial charge in [-0.05, 0) is 30.9 Å². The first-order chi connectivity index (χ1) is 9.65. The Morgan fingerprint density at radius 3 is 2.80 bits per heavy atom. The Kier molecular flexibility index (Phi) is 5.45. The van der Waals surface area contributed by atoms with Gasteiger partial charge in [0.1, 0.15) is 5.75 Å². The summed E-state index contributed by atoms with van der Waals surface area (Å²) in [6, 6.07) is 9.90. The maximum absolute atomic E-state index is 12.1. The number of hydrogen-bond donors (Lipinski definition) is 0. The van der Waals surface area contributed by atoms with E-state index >= 15 is 0 Å². The zero-order chi connectivity index (χ0) is 14.4. The second-order valence-corrected chi connectivity index (χ2v) is 6.07. The van der Waals surface area contributed by atoms with Crippen LogP contribution in [0.25, 0.3) is 0 Å². The first-order valence-electron chi connectivity index (χ1n) is 7.60. The van der Waals surface area contributed by atoms with Crippen LogP contribution in [0, 0.1) is 11.8 Å². The van der Waals surface area contributed by atoms with Crippen LogP contribution >= 0.6 is 0 Å². The van der Waals surface area contributed by atoms with Crippen molar-refractivity contribution in [3.05, 3.63) is 30.3 Å². The number of piperidine rings is 1. The van der Waals surface area contributed by atoms with Gasteiger partial charge >= 0.3 is 0 Å². The van der Waals surface area contributed by atoms with Crippen molar-refractivity contribution >= 4 is 5.91 Å². The number of ether oxygens (including phenoxy) is 1. The second-order valence-electron chi connectivity index (χ2n) is 6.07. The zero-order valence-electron chi connectivity index (χ0n) is 12.5. The molecule has 1 amide bonds. The lowest BCUT2D eigenvalue weighted by Gasteiger charge is -2.33. The number of benzene rings is 1. The molecule has 3 heteroatoms. The average Bonchev–Trinajstić information content (AvgIpc) is 2.46. The second kappa shape index (κ2) is 7.32. The summed E-state index contributed by atoms with van der Waals surface area (Å²) in [6.07, 6.45) is 2.90. The summed E-state index contributed by atoms with van der Waals surface area (Å²) in [7, 11) is 0. The van der Waals surface area contributed by atoms with Crippen LogP contribution in [0.15, 0.2) is 30.3 Å². The molecule has 3 nitrogen and oxygen atoms in total. The Bertz CT molecular complexity index is 416. The Balaban J connectivity index is 1.80. The molecule has 2 rings (SSSR count). The van der Waals surface area contributed by atoms with Gasteiger partial charge in [-0.3, -0.25) is 4.79 Å². The highest BCUT2D eigenvalue weighted by Crippen LogP contribution is 2.20. The Morgan fingerprint density at radius 2 is 2.10 bits per heavy atom. The summed E-state index contributed by atoms with van der Waals surface area (Å²) in [4.78, 5) is 14.1.